The van der Waals surface area contributed by atoms with E-state index in [1.807, 2.05) is 26.0 Å². The Labute approximate surface area is 178 Å². The smallest absolute Gasteiger partial charge is 0.336 e. The second-order valence-electron chi connectivity index (χ2n) is 8.65. The fraction of sp³-hybridized carbons (Fsp3) is 0.500. The van der Waals surface area contributed by atoms with Gasteiger partial charge in [0.2, 0.25) is 0 Å². The molecule has 6 nitrogen and oxygen atoms in total. The van der Waals surface area contributed by atoms with Crippen molar-refractivity contribution in [3.05, 3.63) is 46.3 Å². The molecule has 1 aliphatic carbocycles. The topological polar surface area (TPSA) is 73.9 Å². The lowest BCUT2D eigenvalue weighted by Gasteiger charge is -2.39. The van der Waals surface area contributed by atoms with Crippen molar-refractivity contribution < 1.29 is 23.8 Å². The molecule has 0 spiro atoms. The highest BCUT2D eigenvalue weighted by Crippen LogP contribution is 2.50. The largest absolute Gasteiger partial charge is 0.493 e. The van der Waals surface area contributed by atoms with E-state index in [4.69, 9.17) is 14.2 Å². The number of ether oxygens (including phenoxy) is 3. The standard InChI is InChI=1S/C24H31NO5/c1-7-11-30-23(27)19-14(2)25-16-12-24(3,4)13-17(26)21(16)20(19)15-9-8-10-18(28-5)22(15)29-6/h8-10,20,25H,7,11-13H2,1-6H3. The second-order valence-corrected chi connectivity index (χ2v) is 8.65. The van der Waals surface area contributed by atoms with E-state index in [1.165, 1.54) is 0 Å². The van der Waals surface area contributed by atoms with Gasteiger partial charge >= 0.3 is 5.97 Å². The zero-order chi connectivity index (χ0) is 22.1. The number of nitrogens with one attached hydrogen (secondary N) is 1. The van der Waals surface area contributed by atoms with Gasteiger partial charge in [-0.3, -0.25) is 4.79 Å². The van der Waals surface area contributed by atoms with Crippen molar-refractivity contribution in [2.45, 2.75) is 52.9 Å². The second kappa shape index (κ2) is 8.54. The fourth-order valence-corrected chi connectivity index (χ4v) is 4.43. The molecule has 0 amide bonds. The van der Waals surface area contributed by atoms with Crippen LogP contribution < -0.4 is 14.8 Å². The molecule has 1 atom stereocenters. The van der Waals surface area contributed by atoms with Gasteiger partial charge in [-0.25, -0.2) is 4.79 Å². The molecule has 6 heteroatoms. The van der Waals surface area contributed by atoms with Crippen LogP contribution in [0.15, 0.2) is 40.7 Å². The minimum atomic E-state index is -0.570. The van der Waals surface area contributed by atoms with Gasteiger partial charge in [-0.1, -0.05) is 32.9 Å². The number of hydrogen-bond donors (Lipinski definition) is 1. The molecular formula is C24H31NO5. The maximum absolute atomic E-state index is 13.3. The monoisotopic (exact) mass is 413 g/mol. The molecule has 2 aliphatic rings. The molecular weight excluding hydrogens is 382 g/mol. The Kier molecular flexibility index (Phi) is 6.25. The lowest BCUT2D eigenvalue weighted by atomic mass is 9.68. The van der Waals surface area contributed by atoms with Gasteiger partial charge in [-0.2, -0.15) is 0 Å². The average molecular weight is 414 g/mol. The maximum atomic E-state index is 13.3. The number of rotatable bonds is 6. The first-order chi connectivity index (χ1) is 14.2. The molecule has 162 valence electrons. The van der Waals surface area contributed by atoms with Crippen molar-refractivity contribution in [2.75, 3.05) is 20.8 Å². The normalized spacial score (nSPS) is 20.5. The van der Waals surface area contributed by atoms with Crippen LogP contribution in [0.2, 0.25) is 0 Å². The highest BCUT2D eigenvalue weighted by atomic mass is 16.5. The first-order valence-electron chi connectivity index (χ1n) is 10.4. The summed E-state index contributed by atoms with van der Waals surface area (Å²) in [7, 11) is 3.13. The summed E-state index contributed by atoms with van der Waals surface area (Å²) in [5.74, 6) is 0.125. The first kappa shape index (κ1) is 21.9. The summed E-state index contributed by atoms with van der Waals surface area (Å²) in [4.78, 5) is 26.4. The van der Waals surface area contributed by atoms with Crippen LogP contribution in [0.1, 0.15) is 58.4 Å². The lowest BCUT2D eigenvalue weighted by Crippen LogP contribution is -2.38. The minimum Gasteiger partial charge on any atom is -0.493 e. The number of ketones is 1. The average Bonchev–Trinajstić information content (AvgIpc) is 2.69. The van der Waals surface area contributed by atoms with Crippen LogP contribution in [0.5, 0.6) is 11.5 Å². The zero-order valence-corrected chi connectivity index (χ0v) is 18.7. The van der Waals surface area contributed by atoms with E-state index in [2.05, 4.69) is 19.2 Å². The predicted octanol–water partition coefficient (Wildman–Crippen LogP) is 4.26. The first-order valence-corrected chi connectivity index (χ1v) is 10.4. The van der Waals surface area contributed by atoms with E-state index in [0.29, 0.717) is 41.4 Å². The highest BCUT2D eigenvalue weighted by molar-refractivity contribution is 6.04. The number of para-hydroxylation sites is 1. The van der Waals surface area contributed by atoms with Crippen LogP contribution in [-0.2, 0) is 14.3 Å². The lowest BCUT2D eigenvalue weighted by molar-refractivity contribution is -0.139. The molecule has 0 bridgehead atoms. The Morgan fingerprint density at radius 1 is 1.20 bits per heavy atom. The van der Waals surface area contributed by atoms with Crippen molar-refractivity contribution in [3.63, 3.8) is 0 Å². The number of carbonyl (C=O) groups is 2. The van der Waals surface area contributed by atoms with Gasteiger partial charge in [-0.15, -0.1) is 0 Å². The number of allylic oxidation sites excluding steroid dienone is 3. The number of methoxy groups -OCH3 is 2. The number of esters is 1. The van der Waals surface area contributed by atoms with Crippen molar-refractivity contribution in [1.82, 2.24) is 5.32 Å². The summed E-state index contributed by atoms with van der Waals surface area (Å²) in [6, 6.07) is 5.53. The van der Waals surface area contributed by atoms with Crippen molar-refractivity contribution in [2.24, 2.45) is 5.41 Å². The molecule has 0 saturated heterocycles. The molecule has 0 radical (unpaired) electrons. The summed E-state index contributed by atoms with van der Waals surface area (Å²) in [5, 5.41) is 3.34. The highest BCUT2D eigenvalue weighted by Gasteiger charge is 2.44. The summed E-state index contributed by atoms with van der Waals surface area (Å²) in [6.07, 6.45) is 1.87. The van der Waals surface area contributed by atoms with Crippen LogP contribution in [-0.4, -0.2) is 32.6 Å². The van der Waals surface area contributed by atoms with E-state index in [-0.39, 0.29) is 11.2 Å². The Morgan fingerprint density at radius 2 is 1.93 bits per heavy atom. The van der Waals surface area contributed by atoms with Gasteiger partial charge in [-0.05, 0) is 31.2 Å². The Bertz CT molecular complexity index is 926. The maximum Gasteiger partial charge on any atom is 0.336 e. The number of benzene rings is 1. The van der Waals surface area contributed by atoms with E-state index < -0.39 is 11.9 Å². The number of hydrogen-bond acceptors (Lipinski definition) is 6. The summed E-state index contributed by atoms with van der Waals surface area (Å²) >= 11 is 0. The molecule has 0 fully saturated rings. The van der Waals surface area contributed by atoms with E-state index in [1.54, 1.807) is 20.3 Å². The number of Topliss-reactive ketones (excluding diaryl/α,β-unsaturated/α-hetero) is 1. The third-order valence-electron chi connectivity index (χ3n) is 5.64. The number of carbonyl (C=O) groups excluding carboxylic acids is 2. The molecule has 0 aromatic heterocycles. The number of dihydropyridines is 1. The van der Waals surface area contributed by atoms with E-state index in [9.17, 15) is 9.59 Å². The van der Waals surface area contributed by atoms with E-state index in [0.717, 1.165) is 24.1 Å². The van der Waals surface area contributed by atoms with Gasteiger partial charge in [0.05, 0.1) is 32.3 Å². The predicted molar refractivity (Wildman–Crippen MR) is 114 cm³/mol. The SMILES string of the molecule is CCCOC(=O)C1=C(C)NC2=C(C(=O)CC(C)(C)C2)C1c1cccc(OC)c1OC. The molecule has 1 unspecified atom stereocenters. The minimum absolute atomic E-state index is 0.0388. The van der Waals surface area contributed by atoms with Gasteiger partial charge in [0, 0.05) is 29.0 Å². The Hall–Kier alpha value is -2.76. The summed E-state index contributed by atoms with van der Waals surface area (Å²) in [6.45, 7) is 8.30. The van der Waals surface area contributed by atoms with Gasteiger partial charge in [0.25, 0.3) is 0 Å². The Balaban J connectivity index is 2.23. The molecule has 30 heavy (non-hydrogen) atoms. The van der Waals surface area contributed by atoms with Crippen LogP contribution in [0, 0.1) is 5.41 Å². The third-order valence-corrected chi connectivity index (χ3v) is 5.64. The van der Waals surface area contributed by atoms with Crippen LogP contribution in [0.4, 0.5) is 0 Å². The molecule has 0 saturated carbocycles. The molecule has 1 N–H and O–H groups in total. The third kappa shape index (κ3) is 3.95. The Morgan fingerprint density at radius 3 is 2.57 bits per heavy atom. The molecule has 1 aliphatic heterocycles. The molecule has 1 aromatic carbocycles. The van der Waals surface area contributed by atoms with Gasteiger partial charge in [0.15, 0.2) is 17.3 Å². The molecule has 3 rings (SSSR count). The van der Waals surface area contributed by atoms with Crippen LogP contribution >= 0.6 is 0 Å². The molecule has 1 aromatic rings. The van der Waals surface area contributed by atoms with Crippen molar-refractivity contribution >= 4 is 11.8 Å². The fourth-order valence-electron chi connectivity index (χ4n) is 4.43. The van der Waals surface area contributed by atoms with Crippen LogP contribution in [0.25, 0.3) is 0 Å². The quantitative estimate of drug-likeness (QED) is 0.703. The zero-order valence-electron chi connectivity index (χ0n) is 18.7. The van der Waals surface area contributed by atoms with E-state index >= 15 is 0 Å². The van der Waals surface area contributed by atoms with Crippen molar-refractivity contribution in [1.29, 1.82) is 0 Å². The molecule has 1 heterocycles. The summed E-state index contributed by atoms with van der Waals surface area (Å²) < 4.78 is 16.6. The van der Waals surface area contributed by atoms with Gasteiger partial charge < -0.3 is 19.5 Å². The summed E-state index contributed by atoms with van der Waals surface area (Å²) in [5.41, 5.74) is 3.22. The van der Waals surface area contributed by atoms with Crippen molar-refractivity contribution in [3.8, 4) is 11.5 Å². The van der Waals surface area contributed by atoms with Crippen LogP contribution in [0.3, 0.4) is 0 Å². The van der Waals surface area contributed by atoms with Gasteiger partial charge in [0.1, 0.15) is 0 Å².